The lowest BCUT2D eigenvalue weighted by molar-refractivity contribution is 0.412. The van der Waals surface area contributed by atoms with E-state index in [-0.39, 0.29) is 0 Å². The Balaban J connectivity index is 4.92. The molecular weight excluding hydrogens is 362 g/mol. The van der Waals surface area contributed by atoms with Gasteiger partial charge in [0.25, 0.3) is 0 Å². The second kappa shape index (κ2) is 19.8. The Morgan fingerprint density at radius 3 is 2.00 bits per heavy atom. The normalized spacial score (nSPS) is 14.1. The first-order chi connectivity index (χ1) is 14.6. The summed E-state index contributed by atoms with van der Waals surface area (Å²) in [5.41, 5.74) is 5.95. The van der Waals surface area contributed by atoms with Crippen LogP contribution in [0.5, 0.6) is 0 Å². The van der Waals surface area contributed by atoms with E-state index in [4.69, 9.17) is 4.99 Å². The molecule has 0 aliphatic rings. The zero-order chi connectivity index (χ0) is 22.6. The second-order valence-corrected chi connectivity index (χ2v) is 8.93. The number of hydrogen-bond acceptors (Lipinski definition) is 1. The van der Waals surface area contributed by atoms with Gasteiger partial charge in [0, 0.05) is 11.9 Å². The molecule has 0 aliphatic heterocycles. The summed E-state index contributed by atoms with van der Waals surface area (Å²) in [6, 6.07) is 0. The quantitative estimate of drug-likeness (QED) is 0.120. The van der Waals surface area contributed by atoms with Crippen molar-refractivity contribution >= 4 is 6.21 Å². The fourth-order valence-electron chi connectivity index (χ4n) is 4.29. The molecule has 0 saturated heterocycles. The molecule has 0 spiro atoms. The van der Waals surface area contributed by atoms with Crippen LogP contribution in [0.15, 0.2) is 39.6 Å². The first-order valence-electron chi connectivity index (χ1n) is 13.1. The molecule has 0 amide bonds. The third-order valence-corrected chi connectivity index (χ3v) is 6.32. The van der Waals surface area contributed by atoms with E-state index in [9.17, 15) is 0 Å². The standard InChI is InChI=1S/C29H53N/c1-8-14-15-16-19-29(30-13-6)25(7)20-21-26(11-4)24-27(12-5)22-23-28(17-9-2)18-10-3/h12-13,24,28H,8-11,14-23H2,1-7H3/b26-24+,27-12-,29-25+,30-13?. The van der Waals surface area contributed by atoms with Gasteiger partial charge in [-0.2, -0.15) is 0 Å². The Morgan fingerprint density at radius 2 is 1.47 bits per heavy atom. The summed E-state index contributed by atoms with van der Waals surface area (Å²) in [5, 5.41) is 0. The highest BCUT2D eigenvalue weighted by Crippen LogP contribution is 2.26. The highest BCUT2D eigenvalue weighted by Gasteiger charge is 2.08. The molecule has 0 bridgehead atoms. The number of nitrogens with zero attached hydrogens (tertiary/aromatic N) is 1. The van der Waals surface area contributed by atoms with Crippen LogP contribution in [0.3, 0.4) is 0 Å². The van der Waals surface area contributed by atoms with Gasteiger partial charge in [0.1, 0.15) is 0 Å². The summed E-state index contributed by atoms with van der Waals surface area (Å²) in [6.07, 6.45) is 24.7. The molecule has 174 valence electrons. The first kappa shape index (κ1) is 28.9. The second-order valence-electron chi connectivity index (χ2n) is 8.93. The maximum atomic E-state index is 4.71. The van der Waals surface area contributed by atoms with Gasteiger partial charge in [-0.25, -0.2) is 0 Å². The lowest BCUT2D eigenvalue weighted by Gasteiger charge is -2.16. The molecule has 0 atom stereocenters. The number of allylic oxidation sites excluding steroid dienone is 6. The van der Waals surface area contributed by atoms with Crippen LogP contribution in [-0.2, 0) is 0 Å². The predicted octanol–water partition coefficient (Wildman–Crippen LogP) is 10.4. The van der Waals surface area contributed by atoms with Crippen molar-refractivity contribution < 1.29 is 0 Å². The van der Waals surface area contributed by atoms with Crippen LogP contribution in [0.2, 0.25) is 0 Å². The molecule has 0 saturated carbocycles. The summed E-state index contributed by atoms with van der Waals surface area (Å²) in [5.74, 6) is 0.903. The molecule has 0 aromatic rings. The predicted molar refractivity (Wildman–Crippen MR) is 140 cm³/mol. The minimum absolute atomic E-state index is 0.903. The van der Waals surface area contributed by atoms with Crippen molar-refractivity contribution in [1.29, 1.82) is 0 Å². The third-order valence-electron chi connectivity index (χ3n) is 6.32. The van der Waals surface area contributed by atoms with Gasteiger partial charge in [0.05, 0.1) is 0 Å². The van der Waals surface area contributed by atoms with Crippen LogP contribution >= 0.6 is 0 Å². The van der Waals surface area contributed by atoms with Crippen LogP contribution in [0, 0.1) is 5.92 Å². The molecular formula is C29H53N. The molecule has 1 nitrogen and oxygen atoms in total. The summed E-state index contributed by atoms with van der Waals surface area (Å²) in [4.78, 5) is 4.71. The van der Waals surface area contributed by atoms with E-state index in [0.29, 0.717) is 0 Å². The van der Waals surface area contributed by atoms with Crippen LogP contribution < -0.4 is 0 Å². The fraction of sp³-hybridized carbons (Fsp3) is 0.759. The average molecular weight is 416 g/mol. The van der Waals surface area contributed by atoms with Gasteiger partial charge in [-0.15, -0.1) is 0 Å². The Hall–Kier alpha value is -1.11. The Kier molecular flexibility index (Phi) is 19.1. The molecule has 0 rings (SSSR count). The van der Waals surface area contributed by atoms with Crippen molar-refractivity contribution in [3.63, 3.8) is 0 Å². The topological polar surface area (TPSA) is 12.4 Å². The van der Waals surface area contributed by atoms with Gasteiger partial charge >= 0.3 is 0 Å². The largest absolute Gasteiger partial charge is 0.266 e. The number of aliphatic imine (C=N–C) groups is 1. The number of unbranched alkanes of at least 4 members (excludes halogenated alkanes) is 3. The van der Waals surface area contributed by atoms with Crippen LogP contribution in [-0.4, -0.2) is 6.21 Å². The van der Waals surface area contributed by atoms with Crippen LogP contribution in [0.4, 0.5) is 0 Å². The molecule has 0 aromatic carbocycles. The van der Waals surface area contributed by atoms with Gasteiger partial charge in [-0.05, 0) is 71.6 Å². The van der Waals surface area contributed by atoms with Crippen LogP contribution in [0.1, 0.15) is 138 Å². The smallest absolute Gasteiger partial charge is 0.0388 e. The van der Waals surface area contributed by atoms with Gasteiger partial charge in [0.2, 0.25) is 0 Å². The maximum Gasteiger partial charge on any atom is 0.0388 e. The molecule has 0 fully saturated rings. The van der Waals surface area contributed by atoms with Crippen LogP contribution in [0.25, 0.3) is 0 Å². The highest BCUT2D eigenvalue weighted by molar-refractivity contribution is 5.55. The monoisotopic (exact) mass is 415 g/mol. The van der Waals surface area contributed by atoms with Crippen molar-refractivity contribution in [2.75, 3.05) is 0 Å². The first-order valence-corrected chi connectivity index (χ1v) is 13.1. The molecule has 0 radical (unpaired) electrons. The number of rotatable bonds is 18. The summed E-state index contributed by atoms with van der Waals surface area (Å²) in [6.45, 7) is 15.8. The minimum atomic E-state index is 0.903. The lowest BCUT2D eigenvalue weighted by Crippen LogP contribution is -2.00. The molecule has 0 aliphatic carbocycles. The van der Waals surface area contributed by atoms with E-state index in [1.54, 1.807) is 5.57 Å². The van der Waals surface area contributed by atoms with Crippen molar-refractivity contribution in [3.05, 3.63) is 34.6 Å². The molecule has 0 unspecified atom stereocenters. The van der Waals surface area contributed by atoms with Crippen molar-refractivity contribution in [1.82, 2.24) is 0 Å². The van der Waals surface area contributed by atoms with Gasteiger partial charge < -0.3 is 0 Å². The fourth-order valence-corrected chi connectivity index (χ4v) is 4.29. The zero-order valence-corrected chi connectivity index (χ0v) is 21.7. The van der Waals surface area contributed by atoms with E-state index >= 15 is 0 Å². The molecule has 0 heterocycles. The van der Waals surface area contributed by atoms with E-state index in [1.165, 1.54) is 87.5 Å². The zero-order valence-electron chi connectivity index (χ0n) is 21.7. The van der Waals surface area contributed by atoms with Gasteiger partial charge in [0.15, 0.2) is 0 Å². The number of hydrogen-bond donors (Lipinski definition) is 0. The SMILES string of the molecule is CC=N/C(CCCCCC)=C(\C)CC/C(=C/C(=C\C)CCC(CCC)CCC)CC. The van der Waals surface area contributed by atoms with E-state index < -0.39 is 0 Å². The Morgan fingerprint density at radius 1 is 0.767 bits per heavy atom. The summed E-state index contributed by atoms with van der Waals surface area (Å²) < 4.78 is 0. The highest BCUT2D eigenvalue weighted by atomic mass is 14.7. The molecule has 0 aromatic heterocycles. The van der Waals surface area contributed by atoms with Crippen molar-refractivity contribution in [3.8, 4) is 0 Å². The average Bonchev–Trinajstić information content (AvgIpc) is 2.75. The molecule has 0 N–H and O–H groups in total. The van der Waals surface area contributed by atoms with Gasteiger partial charge in [-0.1, -0.05) is 102 Å². The molecule has 1 heteroatoms. The van der Waals surface area contributed by atoms with E-state index in [0.717, 1.165) is 25.2 Å². The third kappa shape index (κ3) is 14.0. The lowest BCUT2D eigenvalue weighted by atomic mass is 9.90. The summed E-state index contributed by atoms with van der Waals surface area (Å²) >= 11 is 0. The summed E-state index contributed by atoms with van der Waals surface area (Å²) in [7, 11) is 0. The Bertz CT molecular complexity index is 527. The maximum absolute atomic E-state index is 4.71. The van der Waals surface area contributed by atoms with Gasteiger partial charge in [-0.3, -0.25) is 4.99 Å². The minimum Gasteiger partial charge on any atom is -0.266 e. The Labute approximate surface area is 190 Å². The molecule has 30 heavy (non-hydrogen) atoms. The van der Waals surface area contributed by atoms with Crippen molar-refractivity contribution in [2.24, 2.45) is 10.9 Å². The van der Waals surface area contributed by atoms with E-state index in [1.807, 2.05) is 13.1 Å². The van der Waals surface area contributed by atoms with Crippen molar-refractivity contribution in [2.45, 2.75) is 138 Å². The van der Waals surface area contributed by atoms with E-state index in [2.05, 4.69) is 53.7 Å².